The second-order valence-electron chi connectivity index (χ2n) is 9.46. The fourth-order valence-corrected chi connectivity index (χ4v) is 5.37. The SMILES string of the molecule is CC1CC(C)CN(c2ccc(NC(=S)NCC3(c4ccc(Cl)cc4)CCOCC3)cn2)C1. The van der Waals surface area contributed by atoms with Gasteiger partial charge in [0.25, 0.3) is 0 Å². The van der Waals surface area contributed by atoms with Gasteiger partial charge in [-0.25, -0.2) is 4.98 Å². The van der Waals surface area contributed by atoms with Crippen molar-refractivity contribution in [2.45, 2.75) is 38.5 Å². The van der Waals surface area contributed by atoms with E-state index in [9.17, 15) is 0 Å². The third kappa shape index (κ3) is 5.72. The molecule has 0 radical (unpaired) electrons. The maximum atomic E-state index is 6.11. The van der Waals surface area contributed by atoms with Gasteiger partial charge in [0.15, 0.2) is 5.11 Å². The average molecular weight is 473 g/mol. The molecule has 0 bridgehead atoms. The van der Waals surface area contributed by atoms with Crippen molar-refractivity contribution in [3.05, 3.63) is 53.2 Å². The van der Waals surface area contributed by atoms with E-state index in [1.54, 1.807) is 0 Å². The van der Waals surface area contributed by atoms with Gasteiger partial charge in [-0.1, -0.05) is 37.6 Å². The molecule has 2 N–H and O–H groups in total. The lowest BCUT2D eigenvalue weighted by Gasteiger charge is -2.38. The van der Waals surface area contributed by atoms with Gasteiger partial charge in [0, 0.05) is 43.3 Å². The molecule has 2 fully saturated rings. The Morgan fingerprint density at radius 2 is 1.81 bits per heavy atom. The van der Waals surface area contributed by atoms with Crippen molar-refractivity contribution < 1.29 is 4.74 Å². The highest BCUT2D eigenvalue weighted by Crippen LogP contribution is 2.35. The van der Waals surface area contributed by atoms with Gasteiger partial charge in [-0.05, 0) is 73.1 Å². The summed E-state index contributed by atoms with van der Waals surface area (Å²) in [6.45, 7) is 9.03. The molecule has 2 saturated heterocycles. The number of anilines is 2. The molecule has 0 aliphatic carbocycles. The normalized spacial score (nSPS) is 22.9. The number of thiocarbonyl (C=S) groups is 1. The van der Waals surface area contributed by atoms with E-state index in [0.717, 1.165) is 62.2 Å². The number of aromatic nitrogens is 1. The van der Waals surface area contributed by atoms with E-state index in [1.165, 1.54) is 12.0 Å². The summed E-state index contributed by atoms with van der Waals surface area (Å²) >= 11 is 11.7. The smallest absolute Gasteiger partial charge is 0.170 e. The van der Waals surface area contributed by atoms with Crippen molar-refractivity contribution in [1.29, 1.82) is 0 Å². The van der Waals surface area contributed by atoms with Crippen molar-refractivity contribution in [2.24, 2.45) is 11.8 Å². The average Bonchev–Trinajstić information content (AvgIpc) is 2.79. The van der Waals surface area contributed by atoms with Crippen LogP contribution in [0.4, 0.5) is 11.5 Å². The van der Waals surface area contributed by atoms with Crippen molar-refractivity contribution in [3.8, 4) is 0 Å². The number of rotatable bonds is 5. The summed E-state index contributed by atoms with van der Waals surface area (Å²) in [5.74, 6) is 2.44. The van der Waals surface area contributed by atoms with Crippen LogP contribution in [0.1, 0.15) is 38.7 Å². The maximum Gasteiger partial charge on any atom is 0.170 e. The van der Waals surface area contributed by atoms with Crippen molar-refractivity contribution in [2.75, 3.05) is 43.1 Å². The lowest BCUT2D eigenvalue weighted by molar-refractivity contribution is 0.0515. The van der Waals surface area contributed by atoms with Crippen LogP contribution in [0.5, 0.6) is 0 Å². The molecule has 172 valence electrons. The van der Waals surface area contributed by atoms with Gasteiger partial charge in [-0.2, -0.15) is 0 Å². The minimum absolute atomic E-state index is 0.0155. The van der Waals surface area contributed by atoms with E-state index in [0.29, 0.717) is 16.9 Å². The summed E-state index contributed by atoms with van der Waals surface area (Å²) in [4.78, 5) is 7.08. The molecule has 0 spiro atoms. The van der Waals surface area contributed by atoms with Gasteiger partial charge < -0.3 is 20.3 Å². The molecule has 2 atom stereocenters. The lowest BCUT2D eigenvalue weighted by Crippen LogP contribution is -2.45. The number of benzene rings is 1. The van der Waals surface area contributed by atoms with E-state index in [2.05, 4.69) is 53.6 Å². The second-order valence-corrected chi connectivity index (χ2v) is 10.3. The lowest BCUT2D eigenvalue weighted by atomic mass is 9.74. The largest absolute Gasteiger partial charge is 0.381 e. The zero-order chi connectivity index (χ0) is 22.6. The summed E-state index contributed by atoms with van der Waals surface area (Å²) in [5.41, 5.74) is 2.16. The Bertz CT molecular complexity index is 889. The minimum Gasteiger partial charge on any atom is -0.381 e. The van der Waals surface area contributed by atoms with Crippen LogP contribution in [0.15, 0.2) is 42.6 Å². The summed E-state index contributed by atoms with van der Waals surface area (Å²) in [6, 6.07) is 12.3. The van der Waals surface area contributed by atoms with Crippen molar-refractivity contribution in [3.63, 3.8) is 0 Å². The predicted molar refractivity (Wildman–Crippen MR) is 137 cm³/mol. The van der Waals surface area contributed by atoms with Crippen LogP contribution in [0.25, 0.3) is 0 Å². The standard InChI is InChI=1S/C25H33ClN4OS/c1-18-13-19(2)16-30(15-18)23-8-7-22(14-27-23)29-24(32)28-17-25(9-11-31-12-10-25)20-3-5-21(26)6-4-20/h3-8,14,18-19H,9-13,15-17H2,1-2H3,(H2,28,29,32). The molecular formula is C25H33ClN4OS. The predicted octanol–water partition coefficient (Wildman–Crippen LogP) is 5.25. The molecule has 0 amide bonds. The van der Waals surface area contributed by atoms with E-state index >= 15 is 0 Å². The Balaban J connectivity index is 1.36. The van der Waals surface area contributed by atoms with Crippen molar-refractivity contribution >= 4 is 40.4 Å². The summed E-state index contributed by atoms with van der Waals surface area (Å²) in [6.07, 6.45) is 5.07. The molecule has 1 aromatic carbocycles. The first-order chi connectivity index (χ1) is 15.4. The van der Waals surface area contributed by atoms with Crippen LogP contribution in [-0.4, -0.2) is 42.9 Å². The van der Waals surface area contributed by atoms with E-state index < -0.39 is 0 Å². The number of nitrogens with one attached hydrogen (secondary N) is 2. The number of piperidine rings is 1. The zero-order valence-corrected chi connectivity index (χ0v) is 20.5. The molecule has 2 unspecified atom stereocenters. The van der Waals surface area contributed by atoms with Crippen LogP contribution in [-0.2, 0) is 10.2 Å². The molecule has 7 heteroatoms. The number of halogens is 1. The molecule has 1 aromatic heterocycles. The molecular weight excluding hydrogens is 440 g/mol. The summed E-state index contributed by atoms with van der Waals surface area (Å²) in [5, 5.41) is 8.10. The Morgan fingerprint density at radius 3 is 2.44 bits per heavy atom. The topological polar surface area (TPSA) is 49.4 Å². The third-order valence-electron chi connectivity index (χ3n) is 6.69. The first-order valence-electron chi connectivity index (χ1n) is 11.5. The van der Waals surface area contributed by atoms with Gasteiger partial charge in [0.05, 0.1) is 11.9 Å². The summed E-state index contributed by atoms with van der Waals surface area (Å²) in [7, 11) is 0. The highest BCUT2D eigenvalue weighted by atomic mass is 35.5. The maximum absolute atomic E-state index is 6.11. The number of ether oxygens (including phenoxy) is 1. The molecule has 5 nitrogen and oxygen atoms in total. The van der Waals surface area contributed by atoms with Gasteiger partial charge in [-0.3, -0.25) is 0 Å². The first kappa shape index (κ1) is 23.3. The van der Waals surface area contributed by atoms with Crippen molar-refractivity contribution in [1.82, 2.24) is 10.3 Å². The van der Waals surface area contributed by atoms with E-state index in [4.69, 9.17) is 33.5 Å². The van der Waals surface area contributed by atoms with Crippen LogP contribution in [0, 0.1) is 11.8 Å². The van der Waals surface area contributed by atoms with Crippen LogP contribution in [0.2, 0.25) is 5.02 Å². The number of pyridine rings is 1. The zero-order valence-electron chi connectivity index (χ0n) is 18.9. The molecule has 3 heterocycles. The number of hydrogen-bond donors (Lipinski definition) is 2. The third-order valence-corrected chi connectivity index (χ3v) is 7.19. The highest BCUT2D eigenvalue weighted by molar-refractivity contribution is 7.80. The first-order valence-corrected chi connectivity index (χ1v) is 12.3. The Labute approximate surface area is 201 Å². The molecule has 2 aliphatic rings. The Morgan fingerprint density at radius 1 is 1.12 bits per heavy atom. The van der Waals surface area contributed by atoms with Crippen LogP contribution >= 0.6 is 23.8 Å². The monoisotopic (exact) mass is 472 g/mol. The van der Waals surface area contributed by atoms with Gasteiger partial charge in [0.2, 0.25) is 0 Å². The van der Waals surface area contributed by atoms with Crippen LogP contribution in [0.3, 0.4) is 0 Å². The van der Waals surface area contributed by atoms with E-state index in [-0.39, 0.29) is 5.41 Å². The van der Waals surface area contributed by atoms with Gasteiger partial charge in [-0.15, -0.1) is 0 Å². The number of hydrogen-bond acceptors (Lipinski definition) is 4. The molecule has 4 rings (SSSR count). The quantitative estimate of drug-likeness (QED) is 0.579. The fourth-order valence-electron chi connectivity index (χ4n) is 5.05. The van der Waals surface area contributed by atoms with Crippen LogP contribution < -0.4 is 15.5 Å². The highest BCUT2D eigenvalue weighted by Gasteiger charge is 2.34. The fraction of sp³-hybridized carbons (Fsp3) is 0.520. The Kier molecular flexibility index (Phi) is 7.54. The molecule has 2 aliphatic heterocycles. The van der Waals surface area contributed by atoms with Gasteiger partial charge >= 0.3 is 0 Å². The molecule has 2 aromatic rings. The number of nitrogens with zero attached hydrogens (tertiary/aromatic N) is 2. The summed E-state index contributed by atoms with van der Waals surface area (Å²) < 4.78 is 5.63. The van der Waals surface area contributed by atoms with E-state index in [1.807, 2.05) is 18.3 Å². The molecule has 0 saturated carbocycles. The molecule has 32 heavy (non-hydrogen) atoms. The Hall–Kier alpha value is -1.89. The van der Waals surface area contributed by atoms with Gasteiger partial charge in [0.1, 0.15) is 5.82 Å². The second kappa shape index (κ2) is 10.4. The minimum atomic E-state index is -0.0155.